The van der Waals surface area contributed by atoms with Gasteiger partial charge >= 0.3 is 5.97 Å². The number of hydrogen-bond acceptors (Lipinski definition) is 3. The molecule has 1 aromatic carbocycles. The van der Waals surface area contributed by atoms with Gasteiger partial charge in [0.25, 0.3) is 0 Å². The summed E-state index contributed by atoms with van der Waals surface area (Å²) in [6.07, 6.45) is 0. The van der Waals surface area contributed by atoms with Gasteiger partial charge in [0.05, 0.1) is 5.02 Å². The van der Waals surface area contributed by atoms with Crippen molar-refractivity contribution < 1.29 is 9.53 Å². The molecule has 3 nitrogen and oxygen atoms in total. The highest BCUT2D eigenvalue weighted by atomic mass is 35.5. The lowest BCUT2D eigenvalue weighted by molar-refractivity contribution is -0.135. The number of carbonyl (C=O) groups excluding carboxylic acids is 1. The van der Waals surface area contributed by atoms with E-state index in [0.717, 1.165) is 0 Å². The van der Waals surface area contributed by atoms with Crippen molar-refractivity contribution >= 4 is 29.2 Å². The van der Waals surface area contributed by atoms with Crippen molar-refractivity contribution in [3.05, 3.63) is 28.2 Å². The third-order valence-corrected chi connectivity index (χ3v) is 2.30. The van der Waals surface area contributed by atoms with Crippen LogP contribution in [0.15, 0.2) is 18.2 Å². The van der Waals surface area contributed by atoms with Crippen LogP contribution in [0.4, 0.5) is 0 Å². The van der Waals surface area contributed by atoms with E-state index in [-0.39, 0.29) is 10.8 Å². The molecule has 0 amide bonds. The van der Waals surface area contributed by atoms with Gasteiger partial charge in [0.2, 0.25) is 0 Å². The fraction of sp³-hybridized carbons (Fsp3) is 0.222. The van der Waals surface area contributed by atoms with Crippen LogP contribution >= 0.6 is 23.2 Å². The Kier molecular flexibility index (Phi) is 3.75. The first-order valence-electron chi connectivity index (χ1n) is 3.93. The maximum absolute atomic E-state index is 11.1. The summed E-state index contributed by atoms with van der Waals surface area (Å²) in [5.74, 6) is -0.323. The number of hydrogen-bond donors (Lipinski definition) is 1. The number of halogens is 2. The fourth-order valence-electron chi connectivity index (χ4n) is 0.764. The molecule has 0 saturated heterocycles. The number of rotatable bonds is 2. The van der Waals surface area contributed by atoms with Crippen LogP contribution in [-0.4, -0.2) is 12.0 Å². The number of benzene rings is 1. The predicted molar refractivity (Wildman–Crippen MR) is 55.7 cm³/mol. The van der Waals surface area contributed by atoms with Gasteiger partial charge in [0.1, 0.15) is 11.1 Å². The zero-order valence-electron chi connectivity index (χ0n) is 7.46. The van der Waals surface area contributed by atoms with Crippen molar-refractivity contribution in [3.8, 4) is 5.75 Å². The molecule has 0 aromatic heterocycles. The molecule has 0 spiro atoms. The van der Waals surface area contributed by atoms with Gasteiger partial charge in [-0.1, -0.05) is 29.3 Å². The average molecular weight is 234 g/mol. The highest BCUT2D eigenvalue weighted by molar-refractivity contribution is 6.43. The van der Waals surface area contributed by atoms with Crippen molar-refractivity contribution in [1.82, 2.24) is 0 Å². The maximum Gasteiger partial charge on any atom is 0.328 e. The number of nitrogens with two attached hydrogens (primary N) is 1. The first kappa shape index (κ1) is 11.3. The molecule has 5 heteroatoms. The van der Waals surface area contributed by atoms with Gasteiger partial charge in [-0.25, -0.2) is 4.79 Å². The van der Waals surface area contributed by atoms with E-state index in [9.17, 15) is 4.79 Å². The molecule has 0 aliphatic rings. The minimum atomic E-state index is -0.690. The van der Waals surface area contributed by atoms with E-state index in [1.54, 1.807) is 18.2 Å². The Hall–Kier alpha value is -0.770. The second-order valence-electron chi connectivity index (χ2n) is 2.76. The van der Waals surface area contributed by atoms with Crippen LogP contribution in [0.1, 0.15) is 6.92 Å². The second-order valence-corrected chi connectivity index (χ2v) is 3.55. The standard InChI is InChI=1S/C9H9Cl2NO2/c1-5(12)9(13)14-7-4-2-3-6(10)8(7)11/h2-5H,12H2,1H3. The SMILES string of the molecule is CC(N)C(=O)Oc1cccc(Cl)c1Cl. The molecule has 1 unspecified atom stereocenters. The smallest absolute Gasteiger partial charge is 0.328 e. The molecule has 0 aliphatic carbocycles. The molecule has 76 valence electrons. The van der Waals surface area contributed by atoms with E-state index in [1.165, 1.54) is 6.92 Å². The molecule has 0 fully saturated rings. The zero-order chi connectivity index (χ0) is 10.7. The summed E-state index contributed by atoms with van der Waals surface area (Å²) in [6, 6.07) is 4.10. The summed E-state index contributed by atoms with van der Waals surface area (Å²) in [5.41, 5.74) is 5.32. The monoisotopic (exact) mass is 233 g/mol. The molecule has 0 saturated carbocycles. The Morgan fingerprint density at radius 3 is 2.71 bits per heavy atom. The topological polar surface area (TPSA) is 52.3 Å². The van der Waals surface area contributed by atoms with Crippen LogP contribution in [0, 0.1) is 0 Å². The van der Waals surface area contributed by atoms with Gasteiger partial charge in [0, 0.05) is 0 Å². The molecule has 0 heterocycles. The van der Waals surface area contributed by atoms with Gasteiger partial charge in [-0.05, 0) is 19.1 Å². The quantitative estimate of drug-likeness (QED) is 0.630. The Balaban J connectivity index is 2.87. The van der Waals surface area contributed by atoms with Crippen molar-refractivity contribution in [3.63, 3.8) is 0 Å². The third-order valence-electron chi connectivity index (χ3n) is 1.50. The molecule has 1 rings (SSSR count). The van der Waals surface area contributed by atoms with Crippen molar-refractivity contribution in [1.29, 1.82) is 0 Å². The lowest BCUT2D eigenvalue weighted by atomic mass is 10.3. The lowest BCUT2D eigenvalue weighted by Crippen LogP contribution is -2.30. The van der Waals surface area contributed by atoms with Gasteiger partial charge < -0.3 is 10.5 Å². The fourth-order valence-corrected chi connectivity index (χ4v) is 1.09. The minimum Gasteiger partial charge on any atom is -0.424 e. The third kappa shape index (κ3) is 2.61. The van der Waals surface area contributed by atoms with Crippen LogP contribution in [0.2, 0.25) is 10.0 Å². The van der Waals surface area contributed by atoms with E-state index in [0.29, 0.717) is 5.02 Å². The molecule has 14 heavy (non-hydrogen) atoms. The first-order valence-corrected chi connectivity index (χ1v) is 4.69. The maximum atomic E-state index is 11.1. The zero-order valence-corrected chi connectivity index (χ0v) is 8.97. The summed E-state index contributed by atoms with van der Waals surface area (Å²) in [7, 11) is 0. The first-order chi connectivity index (χ1) is 6.52. The Bertz CT molecular complexity index is 353. The summed E-state index contributed by atoms with van der Waals surface area (Å²) in [6.45, 7) is 1.53. The van der Waals surface area contributed by atoms with Gasteiger partial charge in [-0.15, -0.1) is 0 Å². The molecule has 2 N–H and O–H groups in total. The summed E-state index contributed by atoms with van der Waals surface area (Å²) in [4.78, 5) is 11.1. The summed E-state index contributed by atoms with van der Waals surface area (Å²) in [5, 5.41) is 0.546. The highest BCUT2D eigenvalue weighted by Crippen LogP contribution is 2.31. The number of ether oxygens (including phenoxy) is 1. The van der Waals surface area contributed by atoms with Crippen LogP contribution in [0.5, 0.6) is 5.75 Å². The van der Waals surface area contributed by atoms with Crippen LogP contribution in [0.25, 0.3) is 0 Å². The largest absolute Gasteiger partial charge is 0.424 e. The molecule has 0 bridgehead atoms. The Morgan fingerprint density at radius 2 is 2.14 bits per heavy atom. The van der Waals surface area contributed by atoms with Crippen molar-refractivity contribution in [2.75, 3.05) is 0 Å². The van der Waals surface area contributed by atoms with Gasteiger partial charge in [-0.3, -0.25) is 0 Å². The van der Waals surface area contributed by atoms with Crippen molar-refractivity contribution in [2.24, 2.45) is 5.73 Å². The number of esters is 1. The minimum absolute atomic E-state index is 0.211. The van der Waals surface area contributed by atoms with E-state index >= 15 is 0 Å². The molecule has 1 aromatic rings. The molecule has 1 atom stereocenters. The second kappa shape index (κ2) is 4.64. The number of carbonyl (C=O) groups is 1. The van der Waals surface area contributed by atoms with E-state index in [1.807, 2.05) is 0 Å². The van der Waals surface area contributed by atoms with E-state index in [2.05, 4.69) is 0 Å². The Morgan fingerprint density at radius 1 is 1.50 bits per heavy atom. The van der Waals surface area contributed by atoms with Gasteiger partial charge in [0.15, 0.2) is 5.75 Å². The lowest BCUT2D eigenvalue weighted by Gasteiger charge is -2.08. The van der Waals surface area contributed by atoms with E-state index < -0.39 is 12.0 Å². The normalized spacial score (nSPS) is 12.3. The van der Waals surface area contributed by atoms with Crippen LogP contribution in [0.3, 0.4) is 0 Å². The molecule has 0 aliphatic heterocycles. The highest BCUT2D eigenvalue weighted by Gasteiger charge is 2.13. The van der Waals surface area contributed by atoms with Crippen LogP contribution < -0.4 is 10.5 Å². The van der Waals surface area contributed by atoms with Gasteiger partial charge in [-0.2, -0.15) is 0 Å². The Labute approximate surface area is 91.7 Å². The molecular weight excluding hydrogens is 225 g/mol. The van der Waals surface area contributed by atoms with Crippen LogP contribution in [-0.2, 0) is 4.79 Å². The van der Waals surface area contributed by atoms with Crippen molar-refractivity contribution in [2.45, 2.75) is 13.0 Å². The summed E-state index contributed by atoms with van der Waals surface area (Å²) < 4.78 is 4.91. The predicted octanol–water partition coefficient (Wildman–Crippen LogP) is 2.25. The molecule has 0 radical (unpaired) electrons. The summed E-state index contributed by atoms with van der Waals surface area (Å²) >= 11 is 11.5. The molecular formula is C9H9Cl2NO2. The van der Waals surface area contributed by atoms with E-state index in [4.69, 9.17) is 33.7 Å². The average Bonchev–Trinajstić information content (AvgIpc) is 2.12.